The zero-order valence-corrected chi connectivity index (χ0v) is 23.9. The number of rotatable bonds is 10. The highest BCUT2D eigenvalue weighted by molar-refractivity contribution is 7.07. The van der Waals surface area contributed by atoms with Crippen LogP contribution in [0.25, 0.3) is 6.08 Å². The van der Waals surface area contributed by atoms with Crippen LogP contribution < -0.4 is 29.1 Å². The molecule has 2 heterocycles. The highest BCUT2D eigenvalue weighted by Gasteiger charge is 2.31. The van der Waals surface area contributed by atoms with Crippen LogP contribution in [0.3, 0.4) is 0 Å². The van der Waals surface area contributed by atoms with E-state index in [-0.39, 0.29) is 17.7 Å². The molecule has 1 aromatic heterocycles. The monoisotopic (exact) mass is 588 g/mol. The van der Waals surface area contributed by atoms with Crippen LogP contribution in [0.5, 0.6) is 17.2 Å². The molecule has 4 rings (SSSR count). The molecular weight excluding hydrogens is 563 g/mol. The fraction of sp³-hybridized carbons (Fsp3) is 0.250. The Bertz CT molecular complexity index is 1600. The number of benzene rings is 2. The van der Waals surface area contributed by atoms with Gasteiger partial charge in [0, 0.05) is 6.20 Å². The van der Waals surface area contributed by atoms with Crippen LogP contribution in [0.15, 0.2) is 64.5 Å². The van der Waals surface area contributed by atoms with Crippen molar-refractivity contribution in [1.29, 1.82) is 0 Å². The van der Waals surface area contributed by atoms with Gasteiger partial charge >= 0.3 is 5.97 Å². The molecule has 39 heavy (non-hydrogen) atoms. The molecule has 204 valence electrons. The van der Waals surface area contributed by atoms with Crippen molar-refractivity contribution in [2.75, 3.05) is 26.9 Å². The number of methoxy groups -OCH3 is 1. The maximum atomic E-state index is 13.8. The number of carbonyl (C=O) groups is 1. The molecule has 1 aliphatic heterocycles. The number of aromatic nitrogens is 1. The highest BCUT2D eigenvalue weighted by atomic mass is 35.5. The van der Waals surface area contributed by atoms with Crippen LogP contribution in [0, 0.1) is 0 Å². The van der Waals surface area contributed by atoms with Gasteiger partial charge in [-0.1, -0.05) is 53.3 Å². The summed E-state index contributed by atoms with van der Waals surface area (Å²) in [5, 5.41) is 0.596. The lowest BCUT2D eigenvalue weighted by atomic mass is 9.97. The first-order valence-electron chi connectivity index (χ1n) is 12.0. The van der Waals surface area contributed by atoms with E-state index in [9.17, 15) is 9.59 Å². The van der Waals surface area contributed by atoms with Gasteiger partial charge in [-0.15, -0.1) is 0 Å². The van der Waals surface area contributed by atoms with Crippen molar-refractivity contribution in [3.63, 3.8) is 0 Å². The minimum Gasteiger partial charge on any atom is -0.490 e. The molecule has 0 bridgehead atoms. The predicted molar refractivity (Wildman–Crippen MR) is 152 cm³/mol. The van der Waals surface area contributed by atoms with Gasteiger partial charge in [-0.05, 0) is 55.3 Å². The molecule has 3 aromatic rings. The molecule has 1 aliphatic rings. The molecule has 0 fully saturated rings. The van der Waals surface area contributed by atoms with Gasteiger partial charge in [-0.25, -0.2) is 9.79 Å². The molecule has 0 unspecified atom stereocenters. The molecule has 0 saturated carbocycles. The van der Waals surface area contributed by atoms with Gasteiger partial charge in [0.2, 0.25) is 0 Å². The second-order valence-electron chi connectivity index (χ2n) is 8.16. The van der Waals surface area contributed by atoms with Crippen molar-refractivity contribution in [2.24, 2.45) is 4.99 Å². The summed E-state index contributed by atoms with van der Waals surface area (Å²) in [7, 11) is 1.28. The Morgan fingerprint density at radius 3 is 2.44 bits per heavy atom. The summed E-state index contributed by atoms with van der Waals surface area (Å²) in [6.07, 6.45) is 4.69. The number of carbonyl (C=O) groups excluding carboxylic acids is 1. The Hall–Kier alpha value is -3.53. The summed E-state index contributed by atoms with van der Waals surface area (Å²) in [6.45, 7) is 8.47. The number of thiazole rings is 1. The molecule has 1 atom stereocenters. The first kappa shape index (κ1) is 28.5. The predicted octanol–water partition coefficient (Wildman–Crippen LogP) is 4.69. The van der Waals surface area contributed by atoms with Crippen molar-refractivity contribution < 1.29 is 23.7 Å². The van der Waals surface area contributed by atoms with Crippen LogP contribution in [0.2, 0.25) is 10.0 Å². The van der Waals surface area contributed by atoms with Crippen LogP contribution in [-0.2, 0) is 9.53 Å². The average molecular weight is 589 g/mol. The summed E-state index contributed by atoms with van der Waals surface area (Å²) in [5.74, 6) is 0.801. The van der Waals surface area contributed by atoms with Gasteiger partial charge < -0.3 is 18.9 Å². The number of ether oxygens (including phenoxy) is 4. The second-order valence-corrected chi connectivity index (χ2v) is 9.99. The van der Waals surface area contributed by atoms with E-state index in [4.69, 9.17) is 42.1 Å². The van der Waals surface area contributed by atoms with Crippen LogP contribution in [0.4, 0.5) is 0 Å². The van der Waals surface area contributed by atoms with Crippen molar-refractivity contribution >= 4 is 46.6 Å². The lowest BCUT2D eigenvalue weighted by Crippen LogP contribution is -2.39. The van der Waals surface area contributed by atoms with Crippen LogP contribution >= 0.6 is 34.5 Å². The van der Waals surface area contributed by atoms with E-state index in [1.807, 2.05) is 13.8 Å². The molecule has 0 N–H and O–H groups in total. The average Bonchev–Trinajstić information content (AvgIpc) is 3.23. The van der Waals surface area contributed by atoms with Crippen molar-refractivity contribution in [1.82, 2.24) is 4.57 Å². The summed E-state index contributed by atoms with van der Waals surface area (Å²) in [6, 6.07) is 7.82. The third-order valence-electron chi connectivity index (χ3n) is 5.67. The van der Waals surface area contributed by atoms with Crippen LogP contribution in [-0.4, -0.2) is 37.5 Å². The normalized spacial score (nSPS) is 14.6. The third-order valence-corrected chi connectivity index (χ3v) is 7.23. The van der Waals surface area contributed by atoms with Crippen LogP contribution in [0.1, 0.15) is 31.0 Å². The zero-order chi connectivity index (χ0) is 28.1. The van der Waals surface area contributed by atoms with Gasteiger partial charge in [-0.3, -0.25) is 9.36 Å². The quantitative estimate of drug-likeness (QED) is 0.252. The van der Waals surface area contributed by atoms with E-state index in [0.717, 1.165) is 0 Å². The number of fused-ring (bicyclic) bond motifs is 1. The topological polar surface area (TPSA) is 88.3 Å². The van der Waals surface area contributed by atoms with E-state index >= 15 is 0 Å². The van der Waals surface area contributed by atoms with Crippen molar-refractivity contribution in [3.8, 4) is 17.2 Å². The Labute approximate surface area is 239 Å². The largest absolute Gasteiger partial charge is 0.490 e. The zero-order valence-electron chi connectivity index (χ0n) is 21.5. The minimum absolute atomic E-state index is 0.206. The number of hydrogen-bond donors (Lipinski definition) is 0. The van der Waals surface area contributed by atoms with E-state index in [1.54, 1.807) is 42.5 Å². The van der Waals surface area contributed by atoms with Gasteiger partial charge in [0.25, 0.3) is 5.56 Å². The smallest absolute Gasteiger partial charge is 0.337 e. The second kappa shape index (κ2) is 12.5. The van der Waals surface area contributed by atoms with Gasteiger partial charge in [-0.2, -0.15) is 0 Å². The molecule has 0 aliphatic carbocycles. The SMILES string of the molecule is C=CCOc1c(Cl)cc(/C=c2\sc3n(c2=O)[C@@H](c2ccc(OCC)c(OCC)c2)C(C(=O)OC)=CN=3)cc1Cl. The van der Waals surface area contributed by atoms with Gasteiger partial charge in [0.1, 0.15) is 6.61 Å². The number of esters is 1. The Morgan fingerprint density at radius 1 is 1.10 bits per heavy atom. The first-order chi connectivity index (χ1) is 18.8. The molecule has 2 aromatic carbocycles. The summed E-state index contributed by atoms with van der Waals surface area (Å²) < 4.78 is 23.9. The summed E-state index contributed by atoms with van der Waals surface area (Å²) >= 11 is 13.9. The maximum Gasteiger partial charge on any atom is 0.337 e. The number of halogens is 2. The molecule has 0 amide bonds. The molecular formula is C28H26Cl2N2O6S. The summed E-state index contributed by atoms with van der Waals surface area (Å²) in [5.41, 5.74) is 1.10. The van der Waals surface area contributed by atoms with E-state index in [0.29, 0.717) is 61.0 Å². The van der Waals surface area contributed by atoms with Crippen molar-refractivity contribution in [2.45, 2.75) is 19.9 Å². The standard InChI is InChI=1S/C28H26Cl2N2O6S/c1-5-10-38-25-19(29)11-16(12-20(25)30)13-23-26(33)32-24(18(27(34)35-4)15-31-28(32)39-23)17-8-9-21(36-6-2)22(14-17)37-7-3/h5,8-9,11-15,24H,1,6-7,10H2,2-4H3/b23-13-/t24-/m0/s1. The van der Waals surface area contributed by atoms with Gasteiger partial charge in [0.15, 0.2) is 22.0 Å². The first-order valence-corrected chi connectivity index (χ1v) is 13.6. The maximum absolute atomic E-state index is 13.8. The molecule has 0 saturated heterocycles. The fourth-order valence-corrected chi connectivity index (χ4v) is 5.66. The molecule has 0 spiro atoms. The fourth-order valence-electron chi connectivity index (χ4n) is 4.08. The Balaban J connectivity index is 1.86. The third kappa shape index (κ3) is 5.90. The minimum atomic E-state index is -0.799. The number of nitrogens with zero attached hydrogens (tertiary/aromatic N) is 2. The Kier molecular flexibility index (Phi) is 9.16. The molecule has 0 radical (unpaired) electrons. The molecule has 11 heteroatoms. The molecule has 8 nitrogen and oxygen atoms in total. The van der Waals surface area contributed by atoms with E-state index in [1.165, 1.54) is 29.2 Å². The lowest BCUT2D eigenvalue weighted by molar-refractivity contribution is -0.136. The Morgan fingerprint density at radius 2 is 1.79 bits per heavy atom. The van der Waals surface area contributed by atoms with Crippen molar-refractivity contribution in [3.05, 3.63) is 95.6 Å². The number of hydrogen-bond acceptors (Lipinski definition) is 8. The highest BCUT2D eigenvalue weighted by Crippen LogP contribution is 2.36. The van der Waals surface area contributed by atoms with Gasteiger partial charge in [0.05, 0.1) is 46.5 Å². The lowest BCUT2D eigenvalue weighted by Gasteiger charge is -2.23. The summed E-state index contributed by atoms with van der Waals surface area (Å²) in [4.78, 5) is 31.3. The van der Waals surface area contributed by atoms with E-state index in [2.05, 4.69) is 11.6 Å². The van der Waals surface area contributed by atoms with E-state index < -0.39 is 12.0 Å².